The Morgan fingerprint density at radius 3 is 2.83 bits per heavy atom. The molecule has 3 rings (SSSR count). The summed E-state index contributed by atoms with van der Waals surface area (Å²) in [5.74, 6) is 1.18. The van der Waals surface area contributed by atoms with E-state index in [4.69, 9.17) is 13.9 Å². The van der Waals surface area contributed by atoms with Crippen LogP contribution in [0.25, 0.3) is 0 Å². The van der Waals surface area contributed by atoms with Crippen LogP contribution in [0.5, 0.6) is 5.75 Å². The molecule has 0 bridgehead atoms. The highest BCUT2D eigenvalue weighted by molar-refractivity contribution is 5.93. The van der Waals surface area contributed by atoms with E-state index < -0.39 is 12.1 Å². The third kappa shape index (κ3) is 3.72. The molecule has 1 aliphatic heterocycles. The van der Waals surface area contributed by atoms with E-state index in [1.54, 1.807) is 13.0 Å². The number of carbonyl (C=O) groups is 1. The molecule has 1 amide bonds. The molecule has 0 saturated carbocycles. The van der Waals surface area contributed by atoms with Crippen LogP contribution in [0.15, 0.2) is 40.8 Å². The molecule has 6 heteroatoms. The van der Waals surface area contributed by atoms with Crippen LogP contribution in [0, 0.1) is 6.92 Å². The Morgan fingerprint density at radius 2 is 2.13 bits per heavy atom. The van der Waals surface area contributed by atoms with Gasteiger partial charge in [0, 0.05) is 5.56 Å². The monoisotopic (exact) mass is 317 g/mol. The predicted octanol–water partition coefficient (Wildman–Crippen LogP) is 1.66. The summed E-state index contributed by atoms with van der Waals surface area (Å²) < 4.78 is 16.3. The van der Waals surface area contributed by atoms with Gasteiger partial charge in [0.25, 0.3) is 5.91 Å². The van der Waals surface area contributed by atoms with Crippen molar-refractivity contribution in [3.05, 3.63) is 53.5 Å². The lowest BCUT2D eigenvalue weighted by Gasteiger charge is -2.13. The molecule has 0 radical (unpaired) electrons. The van der Waals surface area contributed by atoms with Gasteiger partial charge in [-0.1, -0.05) is 18.2 Å². The van der Waals surface area contributed by atoms with Crippen molar-refractivity contribution < 1.29 is 23.8 Å². The number of nitrogens with one attached hydrogen (secondary N) is 1. The Hall–Kier alpha value is -2.31. The van der Waals surface area contributed by atoms with Crippen LogP contribution in [0.4, 0.5) is 0 Å². The van der Waals surface area contributed by atoms with E-state index in [1.807, 2.05) is 30.3 Å². The number of hydrogen-bond acceptors (Lipinski definition) is 5. The Morgan fingerprint density at radius 1 is 1.35 bits per heavy atom. The third-order valence-corrected chi connectivity index (χ3v) is 3.67. The minimum Gasteiger partial charge on any atom is -0.486 e. The fourth-order valence-corrected chi connectivity index (χ4v) is 2.43. The Balaban J connectivity index is 1.62. The second-order valence-electron chi connectivity index (χ2n) is 5.51. The number of aliphatic hydroxyl groups is 1. The first-order chi connectivity index (χ1) is 11.1. The highest BCUT2D eigenvalue weighted by atomic mass is 16.5. The van der Waals surface area contributed by atoms with E-state index in [0.717, 1.165) is 11.3 Å². The molecular formula is C17H19NO5. The van der Waals surface area contributed by atoms with E-state index in [1.165, 1.54) is 0 Å². The van der Waals surface area contributed by atoms with Crippen molar-refractivity contribution in [2.24, 2.45) is 0 Å². The van der Waals surface area contributed by atoms with Crippen molar-refractivity contribution in [2.75, 3.05) is 13.2 Å². The first-order valence-corrected chi connectivity index (χ1v) is 7.47. The summed E-state index contributed by atoms with van der Waals surface area (Å²) in [6.45, 7) is 2.58. The van der Waals surface area contributed by atoms with Crippen LogP contribution in [0.3, 0.4) is 0 Å². The fraction of sp³-hybridized carbons (Fsp3) is 0.353. The van der Waals surface area contributed by atoms with Crippen LogP contribution < -0.4 is 10.1 Å². The summed E-state index contributed by atoms with van der Waals surface area (Å²) in [7, 11) is 0. The van der Waals surface area contributed by atoms with E-state index in [2.05, 4.69) is 5.32 Å². The molecule has 6 nitrogen and oxygen atoms in total. The molecular weight excluding hydrogens is 298 g/mol. The van der Waals surface area contributed by atoms with E-state index >= 15 is 0 Å². The van der Waals surface area contributed by atoms with E-state index in [-0.39, 0.29) is 24.9 Å². The SMILES string of the molecule is Cc1cc(COc2ccccc2)oc1C(=O)N[C@@H]1COC[C@H]1O. The summed E-state index contributed by atoms with van der Waals surface area (Å²) in [5, 5.41) is 12.4. The molecule has 122 valence electrons. The molecule has 2 atom stereocenters. The average molecular weight is 317 g/mol. The average Bonchev–Trinajstić information content (AvgIpc) is 3.12. The van der Waals surface area contributed by atoms with Crippen molar-refractivity contribution in [1.29, 1.82) is 0 Å². The standard InChI is InChI=1S/C17H19NO5/c1-11-7-13(8-22-12-5-3-2-4-6-12)23-16(11)17(20)18-14-9-21-10-15(14)19/h2-7,14-15,19H,8-10H2,1H3,(H,18,20)/t14-,15-/m1/s1. The lowest BCUT2D eigenvalue weighted by Crippen LogP contribution is -2.42. The van der Waals surface area contributed by atoms with E-state index in [9.17, 15) is 9.90 Å². The summed E-state index contributed by atoms with van der Waals surface area (Å²) >= 11 is 0. The number of para-hydroxylation sites is 1. The van der Waals surface area contributed by atoms with Crippen LogP contribution in [-0.4, -0.2) is 36.4 Å². The summed E-state index contributed by atoms with van der Waals surface area (Å²) in [6.07, 6.45) is -0.685. The number of benzene rings is 1. The maximum absolute atomic E-state index is 12.2. The van der Waals surface area contributed by atoms with Crippen molar-refractivity contribution in [1.82, 2.24) is 5.32 Å². The van der Waals surface area contributed by atoms with Crippen LogP contribution in [0.1, 0.15) is 21.9 Å². The maximum Gasteiger partial charge on any atom is 0.287 e. The Labute approximate surface area is 134 Å². The minimum atomic E-state index is -0.685. The zero-order valence-corrected chi connectivity index (χ0v) is 12.8. The molecule has 1 fully saturated rings. The van der Waals surface area contributed by atoms with Crippen molar-refractivity contribution in [3.8, 4) is 5.75 Å². The first-order valence-electron chi connectivity index (χ1n) is 7.47. The number of ether oxygens (including phenoxy) is 2. The van der Waals surface area contributed by atoms with Crippen molar-refractivity contribution >= 4 is 5.91 Å². The summed E-state index contributed by atoms with van der Waals surface area (Å²) in [4.78, 5) is 12.2. The smallest absolute Gasteiger partial charge is 0.287 e. The van der Waals surface area contributed by atoms with Gasteiger partial charge < -0.3 is 24.3 Å². The zero-order chi connectivity index (χ0) is 16.2. The highest BCUT2D eigenvalue weighted by Gasteiger charge is 2.29. The van der Waals surface area contributed by atoms with Crippen molar-refractivity contribution in [2.45, 2.75) is 25.7 Å². The first kappa shape index (κ1) is 15.6. The van der Waals surface area contributed by atoms with Gasteiger partial charge in [-0.3, -0.25) is 4.79 Å². The molecule has 0 aliphatic carbocycles. The maximum atomic E-state index is 12.2. The van der Waals surface area contributed by atoms with Gasteiger partial charge in [0.1, 0.15) is 18.1 Å². The second kappa shape index (κ2) is 6.85. The number of aryl methyl sites for hydroxylation is 1. The number of rotatable bonds is 5. The van der Waals surface area contributed by atoms with Gasteiger partial charge in [-0.2, -0.15) is 0 Å². The van der Waals surface area contributed by atoms with Crippen LogP contribution in [-0.2, 0) is 11.3 Å². The highest BCUT2D eigenvalue weighted by Crippen LogP contribution is 2.18. The van der Waals surface area contributed by atoms with Gasteiger partial charge in [0.2, 0.25) is 0 Å². The lowest BCUT2D eigenvalue weighted by atomic mass is 10.2. The van der Waals surface area contributed by atoms with Crippen LogP contribution >= 0.6 is 0 Å². The molecule has 2 heterocycles. The molecule has 0 spiro atoms. The molecule has 1 aromatic carbocycles. The quantitative estimate of drug-likeness (QED) is 0.876. The fourth-order valence-electron chi connectivity index (χ4n) is 2.43. The third-order valence-electron chi connectivity index (χ3n) is 3.67. The summed E-state index contributed by atoms with van der Waals surface area (Å²) in [5.41, 5.74) is 0.725. The normalized spacial score (nSPS) is 20.4. The van der Waals surface area contributed by atoms with Gasteiger partial charge in [-0.15, -0.1) is 0 Å². The largest absolute Gasteiger partial charge is 0.486 e. The predicted molar refractivity (Wildman–Crippen MR) is 82.3 cm³/mol. The van der Waals surface area contributed by atoms with Gasteiger partial charge in [0.15, 0.2) is 5.76 Å². The number of amides is 1. The van der Waals surface area contributed by atoms with Gasteiger partial charge in [-0.25, -0.2) is 0 Å². The number of aliphatic hydroxyl groups excluding tert-OH is 1. The number of hydrogen-bond donors (Lipinski definition) is 2. The van der Waals surface area contributed by atoms with Crippen molar-refractivity contribution in [3.63, 3.8) is 0 Å². The molecule has 1 aromatic heterocycles. The number of furan rings is 1. The molecule has 1 aliphatic rings. The lowest BCUT2D eigenvalue weighted by molar-refractivity contribution is 0.0855. The Bertz CT molecular complexity index is 667. The van der Waals surface area contributed by atoms with E-state index in [0.29, 0.717) is 12.4 Å². The molecule has 2 N–H and O–H groups in total. The Kier molecular flexibility index (Phi) is 4.64. The molecule has 2 aromatic rings. The minimum absolute atomic E-state index is 0.232. The van der Waals surface area contributed by atoms with Gasteiger partial charge in [0.05, 0.1) is 25.4 Å². The zero-order valence-electron chi connectivity index (χ0n) is 12.8. The summed E-state index contributed by atoms with van der Waals surface area (Å²) in [6, 6.07) is 10.8. The number of carbonyl (C=O) groups excluding carboxylic acids is 1. The topological polar surface area (TPSA) is 80.9 Å². The van der Waals surface area contributed by atoms with Gasteiger partial charge >= 0.3 is 0 Å². The molecule has 0 unspecified atom stereocenters. The molecule has 1 saturated heterocycles. The second-order valence-corrected chi connectivity index (χ2v) is 5.51. The van der Waals surface area contributed by atoms with Gasteiger partial charge in [-0.05, 0) is 25.1 Å². The van der Waals surface area contributed by atoms with Crippen LogP contribution in [0.2, 0.25) is 0 Å². The molecule has 23 heavy (non-hydrogen) atoms.